The summed E-state index contributed by atoms with van der Waals surface area (Å²) in [5, 5.41) is 14.7. The Morgan fingerprint density at radius 3 is 2.75 bits per heavy atom. The number of amides is 1. The zero-order chi connectivity index (χ0) is 31.3. The molecule has 0 aliphatic heterocycles. The summed E-state index contributed by atoms with van der Waals surface area (Å²) in [6.45, 7) is -4.05. The van der Waals surface area contributed by atoms with Crippen LogP contribution in [0.5, 0.6) is 0 Å². The van der Waals surface area contributed by atoms with E-state index in [1.807, 2.05) is 0 Å². The third-order valence-corrected chi connectivity index (χ3v) is 3.77. The lowest BCUT2D eigenvalue weighted by Gasteiger charge is -2.12. The Balaban J connectivity index is 1.77. The predicted octanol–water partition coefficient (Wildman–Crippen LogP) is 2.77. The molecule has 1 aromatic heterocycles. The number of anilines is 2. The SMILES string of the molecule is [2H]c1sc(N)nc1C([2H])([2H])C(=O)Nc1ccc(C([2H])([2H])CNC([2H])([2H])[C@]([2H])(O)c2c([2H])c([2H])c([2H])c([2H])c2[2H])cc1. The van der Waals surface area contributed by atoms with Gasteiger partial charge in [0, 0.05) is 25.8 Å². The van der Waals surface area contributed by atoms with Gasteiger partial charge in [-0.15, -0.1) is 11.3 Å². The highest BCUT2D eigenvalue weighted by Gasteiger charge is 2.08. The van der Waals surface area contributed by atoms with Crippen LogP contribution in [0.2, 0.25) is 0 Å². The minimum Gasteiger partial charge on any atom is -0.387 e. The number of nitrogens with one attached hydrogen (secondary N) is 2. The molecule has 1 heterocycles. The molecule has 0 aliphatic carbocycles. The van der Waals surface area contributed by atoms with Crippen molar-refractivity contribution in [2.24, 2.45) is 0 Å². The number of hydrogen-bond donors (Lipinski definition) is 4. The van der Waals surface area contributed by atoms with Gasteiger partial charge in [0.1, 0.15) is 0 Å². The van der Waals surface area contributed by atoms with Crippen molar-refractivity contribution >= 4 is 28.1 Å². The number of hydrogen-bond acceptors (Lipinski definition) is 6. The number of aromatic nitrogens is 1. The van der Waals surface area contributed by atoms with Crippen molar-refractivity contribution in [3.63, 3.8) is 0 Å². The maximum Gasteiger partial charge on any atom is 0.230 e. The fourth-order valence-electron chi connectivity index (χ4n) is 1.96. The van der Waals surface area contributed by atoms with E-state index in [1.165, 1.54) is 24.3 Å². The minimum atomic E-state index is -3.43. The number of carbonyl (C=O) groups excluding carboxylic acids is 1. The summed E-state index contributed by atoms with van der Waals surface area (Å²) in [6.07, 6.45) is -8.47. The van der Waals surface area contributed by atoms with Crippen LogP contribution in [0.15, 0.2) is 59.8 Å². The van der Waals surface area contributed by atoms with E-state index >= 15 is 0 Å². The summed E-state index contributed by atoms with van der Waals surface area (Å²) in [5.74, 6) is -1.15. The molecule has 0 radical (unpaired) electrons. The molecule has 1 atom stereocenters. The molecule has 3 aromatic rings. The van der Waals surface area contributed by atoms with Crippen molar-refractivity contribution < 1.29 is 27.7 Å². The maximum atomic E-state index is 12.5. The van der Waals surface area contributed by atoms with E-state index in [0.717, 1.165) is 0 Å². The average molecular weight is 410 g/mol. The molecule has 5 N–H and O–H groups in total. The highest BCUT2D eigenvalue weighted by atomic mass is 32.1. The van der Waals surface area contributed by atoms with Crippen molar-refractivity contribution in [2.45, 2.75) is 18.8 Å². The van der Waals surface area contributed by atoms with Gasteiger partial charge in [-0.3, -0.25) is 4.79 Å². The molecular weight excluding hydrogens is 372 g/mol. The van der Waals surface area contributed by atoms with Crippen LogP contribution in [0, 0.1) is 0 Å². The van der Waals surface area contributed by atoms with Gasteiger partial charge in [-0.25, -0.2) is 4.98 Å². The van der Waals surface area contributed by atoms with Gasteiger partial charge in [-0.1, -0.05) is 42.3 Å². The lowest BCUT2D eigenvalue weighted by atomic mass is 10.1. The fourth-order valence-corrected chi connectivity index (χ4v) is 2.39. The highest BCUT2D eigenvalue weighted by molar-refractivity contribution is 7.13. The number of carbonyl (C=O) groups is 1. The van der Waals surface area contributed by atoms with Crippen molar-refractivity contribution in [3.05, 3.63) is 76.7 Å². The number of benzene rings is 2. The Hall–Kier alpha value is -2.74. The van der Waals surface area contributed by atoms with Crippen molar-refractivity contribution in [3.8, 4) is 0 Å². The van der Waals surface area contributed by atoms with Gasteiger partial charge in [-0.2, -0.15) is 0 Å². The summed E-state index contributed by atoms with van der Waals surface area (Å²) in [5.41, 5.74) is 4.03. The van der Waals surface area contributed by atoms with Gasteiger partial charge >= 0.3 is 0 Å². The van der Waals surface area contributed by atoms with Gasteiger partial charge in [0.05, 0.1) is 27.7 Å². The van der Waals surface area contributed by atoms with Gasteiger partial charge in [-0.05, 0) is 36.2 Å². The van der Waals surface area contributed by atoms with E-state index < -0.39 is 79.2 Å². The molecule has 7 heteroatoms. The molecule has 28 heavy (non-hydrogen) atoms. The van der Waals surface area contributed by atoms with Crippen LogP contribution in [0.3, 0.4) is 0 Å². The zero-order valence-corrected chi connectivity index (χ0v) is 15.1. The molecule has 6 nitrogen and oxygen atoms in total. The second kappa shape index (κ2) is 9.98. The quantitative estimate of drug-likeness (QED) is 0.435. The summed E-state index contributed by atoms with van der Waals surface area (Å²) >= 11 is 0.703. The number of rotatable bonds is 9. The number of nitrogens with two attached hydrogens (primary N) is 1. The lowest BCUT2D eigenvalue weighted by molar-refractivity contribution is -0.115. The predicted molar refractivity (Wildman–Crippen MR) is 113 cm³/mol. The number of nitrogens with zero attached hydrogens (tertiary/aromatic N) is 1. The third kappa shape index (κ3) is 6.16. The Bertz CT molecular complexity index is 1450. The normalized spacial score (nSPS) is 21.2. The Morgan fingerprint density at radius 2 is 2.07 bits per heavy atom. The van der Waals surface area contributed by atoms with Crippen LogP contribution in [-0.4, -0.2) is 29.0 Å². The van der Waals surface area contributed by atoms with Crippen LogP contribution in [0.1, 0.15) is 40.7 Å². The topological polar surface area (TPSA) is 100 Å². The van der Waals surface area contributed by atoms with E-state index in [-0.39, 0.29) is 21.7 Å². The van der Waals surface area contributed by atoms with Gasteiger partial charge in [0.25, 0.3) is 0 Å². The molecule has 1 amide bonds. The maximum absolute atomic E-state index is 12.5. The van der Waals surface area contributed by atoms with E-state index in [2.05, 4.69) is 15.6 Å². The van der Waals surface area contributed by atoms with E-state index in [0.29, 0.717) is 11.3 Å². The van der Waals surface area contributed by atoms with E-state index in [4.69, 9.17) is 23.6 Å². The van der Waals surface area contributed by atoms with Gasteiger partial charge in [0.2, 0.25) is 5.91 Å². The third-order valence-electron chi connectivity index (χ3n) is 3.17. The second-order valence-electron chi connectivity index (χ2n) is 5.16. The van der Waals surface area contributed by atoms with Gasteiger partial charge < -0.3 is 21.5 Å². The first-order chi connectivity index (χ1) is 18.6. The molecule has 0 unspecified atom stereocenters. The highest BCUT2D eigenvalue weighted by Crippen LogP contribution is 2.14. The Morgan fingerprint density at radius 1 is 1.32 bits per heavy atom. The molecule has 0 fully saturated rings. The standard InChI is InChI=1S/C21H24N4O2S/c22-21-25-18(14-28-21)12-20(27)24-17-8-6-15(7-9-17)10-11-23-13-19(26)16-4-2-1-3-5-16/h1-9,14,19,23,26H,10-13H2,(H2,22,25)(H,24,27)/t19-/m0/s1/i1D,2D,3D,4D,5D,10D2,12D2,13D2,14D,19D. The molecule has 2 aromatic carbocycles. The average Bonchev–Trinajstić information content (AvgIpc) is 3.23. The van der Waals surface area contributed by atoms with E-state index in [1.54, 1.807) is 0 Å². The number of nitrogen functional groups attached to an aromatic ring is 1. The first-order valence-corrected chi connectivity index (χ1v) is 8.67. The van der Waals surface area contributed by atoms with Crippen LogP contribution in [0.4, 0.5) is 10.8 Å². The van der Waals surface area contributed by atoms with Crippen LogP contribution < -0.4 is 16.4 Å². The summed E-state index contributed by atoms with van der Waals surface area (Å²) in [6, 6.07) is 0.420. The van der Waals surface area contributed by atoms with Crippen molar-refractivity contribution in [2.75, 3.05) is 24.1 Å². The number of thiazole rings is 1. The van der Waals surface area contributed by atoms with Crippen LogP contribution in [0.25, 0.3) is 0 Å². The summed E-state index contributed by atoms with van der Waals surface area (Å²) in [7, 11) is 0. The van der Waals surface area contributed by atoms with Crippen LogP contribution >= 0.6 is 11.3 Å². The smallest absolute Gasteiger partial charge is 0.230 e. The minimum absolute atomic E-state index is 0.0427. The first-order valence-electron chi connectivity index (χ1n) is 14.4. The van der Waals surface area contributed by atoms with E-state index in [9.17, 15) is 9.90 Å². The summed E-state index contributed by atoms with van der Waals surface area (Å²) in [4.78, 5) is 16.2. The molecular formula is C21H24N4O2S. The molecule has 0 saturated carbocycles. The van der Waals surface area contributed by atoms with Crippen LogP contribution in [-0.2, 0) is 17.5 Å². The van der Waals surface area contributed by atoms with Crippen molar-refractivity contribution in [1.29, 1.82) is 0 Å². The number of aliphatic hydroxyl groups is 1. The van der Waals surface area contributed by atoms with Gasteiger partial charge in [0.15, 0.2) is 5.13 Å². The molecule has 0 spiro atoms. The fraction of sp³-hybridized carbons (Fsp3) is 0.238. The lowest BCUT2D eigenvalue weighted by Crippen LogP contribution is -2.23. The largest absolute Gasteiger partial charge is 0.387 e. The first kappa shape index (κ1) is 9.17. The Kier molecular flexibility index (Phi) is 3.27. The molecule has 3 rings (SSSR count). The molecule has 0 aliphatic rings. The molecule has 0 saturated heterocycles. The molecule has 0 bridgehead atoms. The molecule has 146 valence electrons. The summed E-state index contributed by atoms with van der Waals surface area (Å²) < 4.78 is 104. The Labute approximate surface area is 186 Å². The van der Waals surface area contributed by atoms with Crippen molar-refractivity contribution in [1.82, 2.24) is 10.3 Å². The second-order valence-corrected chi connectivity index (χ2v) is 5.99. The monoisotopic (exact) mass is 409 g/mol. The zero-order valence-electron chi connectivity index (χ0n) is 27.3.